The zero-order valence-electron chi connectivity index (χ0n) is 14.3. The van der Waals surface area contributed by atoms with Crippen LogP contribution >= 0.6 is 23.4 Å². The summed E-state index contributed by atoms with van der Waals surface area (Å²) in [6.07, 6.45) is 5.23. The molecule has 0 unspecified atom stereocenters. The number of anilines is 1. The van der Waals surface area contributed by atoms with Gasteiger partial charge in [-0.05, 0) is 25.8 Å². The molecule has 2 aliphatic rings. The summed E-state index contributed by atoms with van der Waals surface area (Å²) < 4.78 is 0. The molecule has 2 aromatic heterocycles. The number of aliphatic imine (C=N–C) groups is 1. The van der Waals surface area contributed by atoms with Gasteiger partial charge in [0.05, 0.1) is 18.4 Å². The van der Waals surface area contributed by atoms with Gasteiger partial charge in [-0.25, -0.2) is 9.97 Å². The second kappa shape index (κ2) is 6.68. The first-order valence-electron chi connectivity index (χ1n) is 8.42. The molecule has 0 radical (unpaired) electrons. The van der Waals surface area contributed by atoms with E-state index in [1.54, 1.807) is 18.5 Å². The number of pyridine rings is 1. The first-order valence-corrected chi connectivity index (χ1v) is 9.62. The van der Waals surface area contributed by atoms with E-state index in [1.165, 1.54) is 11.8 Å². The number of fused-ring (bicyclic) bond motifs is 1. The number of rotatable bonds is 2. The van der Waals surface area contributed by atoms with Crippen LogP contribution in [-0.2, 0) is 6.54 Å². The van der Waals surface area contributed by atoms with Gasteiger partial charge in [0.2, 0.25) is 0 Å². The van der Waals surface area contributed by atoms with E-state index in [1.807, 2.05) is 0 Å². The van der Waals surface area contributed by atoms with Gasteiger partial charge in [0.15, 0.2) is 0 Å². The van der Waals surface area contributed by atoms with E-state index in [2.05, 4.69) is 26.8 Å². The molecule has 0 amide bonds. The number of halogens is 1. The molecule has 2 aliphatic heterocycles. The fraction of sp³-hybridized carbons (Fsp3) is 0.412. The van der Waals surface area contributed by atoms with Gasteiger partial charge in [-0.1, -0.05) is 23.4 Å². The Kier molecular flexibility index (Phi) is 4.50. The first-order chi connectivity index (χ1) is 12.4. The average molecular weight is 391 g/mol. The third-order valence-corrected chi connectivity index (χ3v) is 6.27. The summed E-state index contributed by atoms with van der Waals surface area (Å²) in [5.41, 5.74) is 7.41. The van der Waals surface area contributed by atoms with Crippen molar-refractivity contribution in [1.29, 1.82) is 0 Å². The quantitative estimate of drug-likeness (QED) is 0.815. The summed E-state index contributed by atoms with van der Waals surface area (Å²) in [7, 11) is 0. The molecule has 0 aromatic carbocycles. The number of hydrogen-bond acceptors (Lipinski definition) is 7. The maximum absolute atomic E-state index is 11.6. The van der Waals surface area contributed by atoms with Crippen molar-refractivity contribution in [2.45, 2.75) is 36.7 Å². The number of hydrogen-bond donors (Lipinski definition) is 2. The van der Waals surface area contributed by atoms with E-state index >= 15 is 0 Å². The van der Waals surface area contributed by atoms with Gasteiger partial charge >= 0.3 is 0 Å². The molecule has 7 nitrogen and oxygen atoms in total. The molecule has 1 saturated heterocycles. The Hall–Kier alpha value is -1.90. The zero-order valence-corrected chi connectivity index (χ0v) is 15.9. The van der Waals surface area contributed by atoms with Crippen LogP contribution in [0.1, 0.15) is 31.2 Å². The monoisotopic (exact) mass is 390 g/mol. The van der Waals surface area contributed by atoms with Crippen LogP contribution in [0.3, 0.4) is 0 Å². The number of nitrogens with zero attached hydrogens (tertiary/aromatic N) is 4. The number of piperidine rings is 1. The van der Waals surface area contributed by atoms with Crippen LogP contribution in [0.25, 0.3) is 0 Å². The minimum atomic E-state index is -0.311. The van der Waals surface area contributed by atoms with E-state index in [4.69, 9.17) is 22.3 Å². The number of aromatic nitrogens is 3. The Labute approximate surface area is 160 Å². The lowest BCUT2D eigenvalue weighted by Gasteiger charge is -2.37. The minimum Gasteiger partial charge on any atom is -0.355 e. The smallest absolute Gasteiger partial charge is 0.267 e. The number of nitrogens with two attached hydrogens (primary N) is 1. The topological polar surface area (TPSA) is 100 Å². The zero-order chi connectivity index (χ0) is 18.3. The Morgan fingerprint density at radius 1 is 1.38 bits per heavy atom. The molecule has 0 bridgehead atoms. The van der Waals surface area contributed by atoms with Crippen LogP contribution in [0.4, 0.5) is 5.82 Å². The number of thioether (sulfide) groups is 1. The van der Waals surface area contributed by atoms with Gasteiger partial charge in [-0.2, -0.15) is 0 Å². The Bertz CT molecular complexity index is 931. The lowest BCUT2D eigenvalue weighted by molar-refractivity contribution is 0.363. The van der Waals surface area contributed by atoms with Crippen LogP contribution in [0, 0.1) is 0 Å². The molecule has 0 atom stereocenters. The van der Waals surface area contributed by atoms with Crippen LogP contribution in [0.5, 0.6) is 0 Å². The Morgan fingerprint density at radius 3 is 2.92 bits per heavy atom. The summed E-state index contributed by atoms with van der Waals surface area (Å²) in [5, 5.41) is 0.899. The summed E-state index contributed by atoms with van der Waals surface area (Å²) >= 11 is 7.42. The van der Waals surface area contributed by atoms with Crippen LogP contribution in [0.2, 0.25) is 5.02 Å². The largest absolute Gasteiger partial charge is 0.355 e. The molecule has 0 spiro atoms. The highest BCUT2D eigenvalue weighted by atomic mass is 35.5. The van der Waals surface area contributed by atoms with Gasteiger partial charge in [0, 0.05) is 29.7 Å². The molecular weight excluding hydrogens is 372 g/mol. The van der Waals surface area contributed by atoms with Crippen molar-refractivity contribution in [2.24, 2.45) is 10.7 Å². The van der Waals surface area contributed by atoms with Crippen molar-refractivity contribution in [1.82, 2.24) is 15.0 Å². The molecule has 9 heteroatoms. The van der Waals surface area contributed by atoms with Crippen LogP contribution < -0.4 is 16.2 Å². The highest BCUT2D eigenvalue weighted by Crippen LogP contribution is 2.32. The number of H-pyrrole nitrogens is 1. The first kappa shape index (κ1) is 17.5. The summed E-state index contributed by atoms with van der Waals surface area (Å²) in [5.74, 6) is 0.870. The van der Waals surface area contributed by atoms with E-state index in [-0.39, 0.29) is 16.1 Å². The second-order valence-corrected chi connectivity index (χ2v) is 8.28. The molecule has 2 aromatic rings. The molecule has 3 N–H and O–H groups in total. The van der Waals surface area contributed by atoms with Gasteiger partial charge < -0.3 is 15.6 Å². The van der Waals surface area contributed by atoms with Gasteiger partial charge in [-0.3, -0.25) is 9.79 Å². The molecule has 26 heavy (non-hydrogen) atoms. The standard InChI is InChI=1S/C17H19ClN6OS/c1-17(19)3-6-24(7-4-17)12-9-21-14-10(23-12)8-22-16(14)26-11-2-5-20-15(25)13(11)18/h2,5,9H,3-4,6-8,19H2,1H3,(H,20,25). The van der Waals surface area contributed by atoms with Crippen molar-refractivity contribution < 1.29 is 0 Å². The molecule has 4 rings (SSSR count). The minimum absolute atomic E-state index is 0.0969. The summed E-state index contributed by atoms with van der Waals surface area (Å²) in [6, 6.07) is 1.76. The Morgan fingerprint density at radius 2 is 2.15 bits per heavy atom. The van der Waals surface area contributed by atoms with Gasteiger partial charge in [0.1, 0.15) is 21.6 Å². The van der Waals surface area contributed by atoms with Crippen LogP contribution in [-0.4, -0.2) is 38.6 Å². The van der Waals surface area contributed by atoms with Crippen molar-refractivity contribution >= 4 is 34.2 Å². The van der Waals surface area contributed by atoms with Crippen molar-refractivity contribution in [2.75, 3.05) is 18.0 Å². The second-order valence-electron chi connectivity index (χ2n) is 6.87. The maximum Gasteiger partial charge on any atom is 0.267 e. The Balaban J connectivity index is 1.53. The number of nitrogens with one attached hydrogen (secondary N) is 1. The highest BCUT2D eigenvalue weighted by molar-refractivity contribution is 8.14. The molecular formula is C17H19ClN6OS. The highest BCUT2D eigenvalue weighted by Gasteiger charge is 2.28. The maximum atomic E-state index is 11.6. The van der Waals surface area contributed by atoms with E-state index in [9.17, 15) is 4.79 Å². The predicted octanol–water partition coefficient (Wildman–Crippen LogP) is 2.19. The SMILES string of the molecule is CC1(N)CCN(c2cnc3c(n2)CN=C3Sc2cc[nH]c(=O)c2Cl)CC1. The number of aromatic amines is 1. The van der Waals surface area contributed by atoms with Gasteiger partial charge in [-0.15, -0.1) is 0 Å². The summed E-state index contributed by atoms with van der Waals surface area (Å²) in [4.78, 5) is 30.9. The fourth-order valence-corrected chi connectivity index (χ4v) is 4.19. The van der Waals surface area contributed by atoms with E-state index < -0.39 is 0 Å². The fourth-order valence-electron chi connectivity index (χ4n) is 3.03. The van der Waals surface area contributed by atoms with E-state index in [0.29, 0.717) is 11.4 Å². The lowest BCUT2D eigenvalue weighted by atomic mass is 9.91. The average Bonchev–Trinajstić information content (AvgIpc) is 3.01. The van der Waals surface area contributed by atoms with Crippen LogP contribution in [0.15, 0.2) is 33.1 Å². The third-order valence-electron chi connectivity index (χ3n) is 4.71. The molecule has 1 fully saturated rings. The molecule has 0 saturated carbocycles. The van der Waals surface area contributed by atoms with Crippen molar-refractivity contribution in [3.63, 3.8) is 0 Å². The lowest BCUT2D eigenvalue weighted by Crippen LogP contribution is -2.48. The normalized spacial score (nSPS) is 18.6. The molecule has 0 aliphatic carbocycles. The van der Waals surface area contributed by atoms with Crippen molar-refractivity contribution in [3.05, 3.63) is 45.2 Å². The molecule has 4 heterocycles. The van der Waals surface area contributed by atoms with Crippen molar-refractivity contribution in [3.8, 4) is 0 Å². The molecule has 136 valence electrons. The third kappa shape index (κ3) is 3.36. The van der Waals surface area contributed by atoms with E-state index in [0.717, 1.165) is 48.2 Å². The van der Waals surface area contributed by atoms with Gasteiger partial charge in [0.25, 0.3) is 5.56 Å². The predicted molar refractivity (Wildman–Crippen MR) is 104 cm³/mol. The summed E-state index contributed by atoms with van der Waals surface area (Å²) in [6.45, 7) is 4.34.